The van der Waals surface area contributed by atoms with E-state index in [0.717, 1.165) is 16.9 Å². The van der Waals surface area contributed by atoms with Gasteiger partial charge in [0.05, 0.1) is 7.11 Å². The molecule has 2 amide bonds. The molecule has 156 valence electrons. The molecule has 0 spiro atoms. The van der Waals surface area contributed by atoms with E-state index in [2.05, 4.69) is 21.4 Å². The minimum Gasteiger partial charge on any atom is -0.496 e. The van der Waals surface area contributed by atoms with Crippen LogP contribution in [0.3, 0.4) is 0 Å². The van der Waals surface area contributed by atoms with Crippen molar-refractivity contribution >= 4 is 11.8 Å². The Morgan fingerprint density at radius 2 is 2.10 bits per heavy atom. The lowest BCUT2D eigenvalue weighted by Crippen LogP contribution is -2.59. The Kier molecular flexibility index (Phi) is 6.38. The third kappa shape index (κ3) is 4.86. The summed E-state index contributed by atoms with van der Waals surface area (Å²) >= 11 is 0. The number of methoxy groups -OCH3 is 1. The number of H-pyrrole nitrogens is 2. The van der Waals surface area contributed by atoms with E-state index in [0.29, 0.717) is 26.1 Å². The number of nitrogens with one attached hydrogen (secondary N) is 3. The highest BCUT2D eigenvalue weighted by Gasteiger charge is 2.32. The maximum atomic E-state index is 12.7. The molecule has 0 radical (unpaired) electrons. The second kappa shape index (κ2) is 8.95. The molecule has 3 rings (SSSR count). The molecule has 29 heavy (non-hydrogen) atoms. The van der Waals surface area contributed by atoms with Gasteiger partial charge in [-0.15, -0.1) is 0 Å². The van der Waals surface area contributed by atoms with Crippen molar-refractivity contribution < 1.29 is 14.3 Å². The smallest absolute Gasteiger partial charge is 0.323 e. The molecule has 0 unspecified atom stereocenters. The van der Waals surface area contributed by atoms with Gasteiger partial charge in [-0.25, -0.2) is 4.79 Å². The maximum Gasteiger partial charge on any atom is 0.323 e. The molecule has 9 heteroatoms. The highest BCUT2D eigenvalue weighted by Crippen LogP contribution is 2.18. The van der Waals surface area contributed by atoms with Gasteiger partial charge in [-0.1, -0.05) is 12.1 Å². The van der Waals surface area contributed by atoms with Crippen LogP contribution in [-0.4, -0.2) is 78.0 Å². The van der Waals surface area contributed by atoms with Gasteiger partial charge in [-0.3, -0.25) is 14.5 Å². The molecule has 9 nitrogen and oxygen atoms in total. The number of hydrogen-bond acceptors (Lipinski definition) is 5. The average molecular weight is 401 g/mol. The van der Waals surface area contributed by atoms with Crippen LogP contribution in [-0.2, 0) is 11.2 Å². The van der Waals surface area contributed by atoms with E-state index in [4.69, 9.17) is 4.74 Å². The number of aromatic amines is 2. The van der Waals surface area contributed by atoms with Crippen LogP contribution >= 0.6 is 0 Å². The Balaban J connectivity index is 1.55. The number of likely N-dealkylation sites (N-methyl/N-ethyl adjacent to an activating group) is 1. The van der Waals surface area contributed by atoms with Crippen molar-refractivity contribution in [3.63, 3.8) is 0 Å². The Labute approximate surface area is 169 Å². The number of hydrogen-bond donors (Lipinski definition) is 3. The first kappa shape index (κ1) is 20.7. The fourth-order valence-corrected chi connectivity index (χ4v) is 3.50. The van der Waals surface area contributed by atoms with E-state index in [1.165, 1.54) is 6.20 Å². The van der Waals surface area contributed by atoms with Crippen molar-refractivity contribution in [3.8, 4) is 5.75 Å². The summed E-state index contributed by atoms with van der Waals surface area (Å²) in [4.78, 5) is 44.9. The second-order valence-electron chi connectivity index (χ2n) is 7.25. The summed E-state index contributed by atoms with van der Waals surface area (Å²) in [5.41, 5.74) is 1.95. The van der Waals surface area contributed by atoms with Crippen LogP contribution in [0.15, 0.2) is 29.2 Å². The van der Waals surface area contributed by atoms with Crippen LogP contribution < -0.4 is 15.7 Å². The number of amides is 2. The minimum absolute atomic E-state index is 0.113. The number of piperazine rings is 1. The van der Waals surface area contributed by atoms with Gasteiger partial charge in [0.1, 0.15) is 17.5 Å². The standard InChI is InChI=1S/C20H27N5O4/c1-13-10-14(4-5-17(13)29-3)6-7-21-18(26)16-12-25(9-8-24(16)2)19(27)15-11-22-20(28)23-15/h4-5,10-11,16H,6-9,12H2,1-3H3,(H,21,26)(H2,22,23,28)/t16-/m0/s1. The van der Waals surface area contributed by atoms with Crippen molar-refractivity contribution in [1.82, 2.24) is 25.1 Å². The van der Waals surface area contributed by atoms with Crippen LogP contribution in [0.5, 0.6) is 5.75 Å². The molecule has 2 heterocycles. The molecule has 0 bridgehead atoms. The fraction of sp³-hybridized carbons (Fsp3) is 0.450. The molecule has 1 aliphatic rings. The summed E-state index contributed by atoms with van der Waals surface area (Å²) in [6, 6.07) is 5.53. The van der Waals surface area contributed by atoms with Gasteiger partial charge in [0.15, 0.2) is 0 Å². The van der Waals surface area contributed by atoms with E-state index < -0.39 is 11.7 Å². The summed E-state index contributed by atoms with van der Waals surface area (Å²) < 4.78 is 5.27. The fourth-order valence-electron chi connectivity index (χ4n) is 3.50. The molecule has 1 saturated heterocycles. The number of carbonyl (C=O) groups is 2. The molecule has 3 N–H and O–H groups in total. The molecule has 1 fully saturated rings. The molecular weight excluding hydrogens is 374 g/mol. The van der Waals surface area contributed by atoms with Crippen LogP contribution in [0.4, 0.5) is 0 Å². The van der Waals surface area contributed by atoms with Crippen molar-refractivity contribution in [2.24, 2.45) is 0 Å². The van der Waals surface area contributed by atoms with Crippen LogP contribution in [0.25, 0.3) is 0 Å². The SMILES string of the molecule is COc1ccc(CCNC(=O)[C@@H]2CN(C(=O)c3c[nH]c(=O)[nH]3)CCN2C)cc1C. The lowest BCUT2D eigenvalue weighted by molar-refractivity contribution is -0.127. The number of aromatic nitrogens is 2. The second-order valence-corrected chi connectivity index (χ2v) is 7.25. The van der Waals surface area contributed by atoms with Crippen molar-refractivity contribution in [2.75, 3.05) is 40.3 Å². The molecular formula is C20H27N5O4. The average Bonchev–Trinajstić information content (AvgIpc) is 3.14. The Hall–Kier alpha value is -3.07. The van der Waals surface area contributed by atoms with Crippen molar-refractivity contribution in [3.05, 3.63) is 51.7 Å². The van der Waals surface area contributed by atoms with E-state index in [1.54, 1.807) is 12.0 Å². The Morgan fingerprint density at radius 3 is 2.76 bits per heavy atom. The molecule has 2 aromatic rings. The summed E-state index contributed by atoms with van der Waals surface area (Å²) in [5.74, 6) is 0.441. The molecule has 0 saturated carbocycles. The lowest BCUT2D eigenvalue weighted by atomic mass is 10.1. The number of nitrogens with zero attached hydrogens (tertiary/aromatic N) is 2. The number of imidazole rings is 1. The van der Waals surface area contributed by atoms with Gasteiger partial charge in [0, 0.05) is 32.4 Å². The monoisotopic (exact) mass is 401 g/mol. The lowest BCUT2D eigenvalue weighted by Gasteiger charge is -2.38. The number of ether oxygens (including phenoxy) is 1. The number of rotatable bonds is 6. The normalized spacial score (nSPS) is 17.2. The number of aryl methyl sites for hydroxylation is 1. The third-order valence-electron chi connectivity index (χ3n) is 5.24. The summed E-state index contributed by atoms with van der Waals surface area (Å²) in [6.45, 7) is 3.85. The van der Waals surface area contributed by atoms with Crippen LogP contribution in [0.2, 0.25) is 0 Å². The predicted octanol–water partition coefficient (Wildman–Crippen LogP) is 0.135. The first-order chi connectivity index (χ1) is 13.9. The topological polar surface area (TPSA) is 111 Å². The summed E-state index contributed by atoms with van der Waals surface area (Å²) in [6.07, 6.45) is 2.06. The molecule has 1 atom stereocenters. The van der Waals surface area contributed by atoms with Gasteiger partial charge in [0.2, 0.25) is 5.91 Å². The maximum absolute atomic E-state index is 12.7. The molecule has 0 aliphatic carbocycles. The number of carbonyl (C=O) groups excluding carboxylic acids is 2. The first-order valence-corrected chi connectivity index (χ1v) is 9.57. The van der Waals surface area contributed by atoms with Gasteiger partial charge >= 0.3 is 5.69 Å². The zero-order chi connectivity index (χ0) is 21.0. The van der Waals surface area contributed by atoms with Gasteiger partial charge in [-0.2, -0.15) is 0 Å². The van der Waals surface area contributed by atoms with Crippen LogP contribution in [0, 0.1) is 6.92 Å². The zero-order valence-corrected chi connectivity index (χ0v) is 16.9. The largest absolute Gasteiger partial charge is 0.496 e. The highest BCUT2D eigenvalue weighted by molar-refractivity contribution is 5.93. The summed E-state index contributed by atoms with van der Waals surface area (Å²) in [7, 11) is 3.52. The molecule has 1 aliphatic heterocycles. The van der Waals surface area contributed by atoms with Crippen molar-refractivity contribution in [2.45, 2.75) is 19.4 Å². The van der Waals surface area contributed by atoms with Crippen LogP contribution in [0.1, 0.15) is 21.6 Å². The first-order valence-electron chi connectivity index (χ1n) is 9.57. The van der Waals surface area contributed by atoms with E-state index in [9.17, 15) is 14.4 Å². The van der Waals surface area contributed by atoms with Crippen molar-refractivity contribution in [1.29, 1.82) is 0 Å². The molecule has 1 aromatic carbocycles. The zero-order valence-electron chi connectivity index (χ0n) is 16.9. The van der Waals surface area contributed by atoms with Gasteiger partial charge in [-0.05, 0) is 37.6 Å². The minimum atomic E-state index is -0.434. The quantitative estimate of drug-likeness (QED) is 0.638. The Morgan fingerprint density at radius 1 is 1.31 bits per heavy atom. The van der Waals surface area contributed by atoms with Gasteiger partial charge in [0.25, 0.3) is 5.91 Å². The van der Waals surface area contributed by atoms with Gasteiger partial charge < -0.3 is 24.9 Å². The van der Waals surface area contributed by atoms with E-state index >= 15 is 0 Å². The number of benzene rings is 1. The Bertz CT molecular complexity index is 935. The highest BCUT2D eigenvalue weighted by atomic mass is 16.5. The summed E-state index contributed by atoms with van der Waals surface area (Å²) in [5, 5.41) is 2.97. The predicted molar refractivity (Wildman–Crippen MR) is 108 cm³/mol. The molecule has 1 aromatic heterocycles. The van der Waals surface area contributed by atoms with E-state index in [-0.39, 0.29) is 24.1 Å². The third-order valence-corrected chi connectivity index (χ3v) is 5.24. The van der Waals surface area contributed by atoms with E-state index in [1.807, 2.05) is 31.0 Å².